The number of rotatable bonds is 4. The molecule has 0 radical (unpaired) electrons. The number of hydrogen-bond donors (Lipinski definition) is 2. The molecule has 1 aliphatic rings. The predicted molar refractivity (Wildman–Crippen MR) is 77.7 cm³/mol. The molecule has 0 aliphatic carbocycles. The number of halogens is 2. The fourth-order valence-corrected chi connectivity index (χ4v) is 3.86. The van der Waals surface area contributed by atoms with Gasteiger partial charge in [-0.2, -0.15) is 0 Å². The van der Waals surface area contributed by atoms with Gasteiger partial charge in [0.1, 0.15) is 0 Å². The van der Waals surface area contributed by atoms with Gasteiger partial charge >= 0.3 is 0 Å². The van der Waals surface area contributed by atoms with E-state index < -0.39 is 0 Å². The van der Waals surface area contributed by atoms with E-state index in [4.69, 9.17) is 0 Å². The van der Waals surface area contributed by atoms with Crippen LogP contribution in [0.3, 0.4) is 0 Å². The zero-order valence-corrected chi connectivity index (χ0v) is 13.3. The van der Waals surface area contributed by atoms with Crippen molar-refractivity contribution >= 4 is 49.1 Å². The van der Waals surface area contributed by atoms with Gasteiger partial charge < -0.3 is 10.6 Å². The Hall–Kier alpha value is 0.0900. The normalized spacial score (nSPS) is 19.5. The number of hydrogen-bond acceptors (Lipinski definition) is 3. The fraction of sp³-hybridized carbons (Fsp3) is 0.545. The summed E-state index contributed by atoms with van der Waals surface area (Å²) in [6.45, 7) is 1.85. The molecule has 1 aliphatic heterocycles. The largest absolute Gasteiger partial charge is 0.351 e. The molecule has 3 nitrogen and oxygen atoms in total. The van der Waals surface area contributed by atoms with Crippen molar-refractivity contribution in [3.8, 4) is 0 Å². The molecule has 6 heteroatoms. The molecular formula is C11H14Br2N2OS. The fourth-order valence-electron chi connectivity index (χ4n) is 1.91. The number of amides is 1. The average molecular weight is 382 g/mol. The second-order valence-electron chi connectivity index (χ2n) is 4.07. The summed E-state index contributed by atoms with van der Waals surface area (Å²) >= 11 is 8.22. The summed E-state index contributed by atoms with van der Waals surface area (Å²) in [7, 11) is 0. The van der Waals surface area contributed by atoms with Crippen molar-refractivity contribution < 1.29 is 4.79 Å². The highest BCUT2D eigenvalue weighted by atomic mass is 79.9. The van der Waals surface area contributed by atoms with Gasteiger partial charge in [0.15, 0.2) is 0 Å². The van der Waals surface area contributed by atoms with Crippen molar-refractivity contribution in [2.75, 3.05) is 13.1 Å². The zero-order valence-electron chi connectivity index (χ0n) is 9.26. The molecular weight excluding hydrogens is 368 g/mol. The third kappa shape index (κ3) is 3.77. The molecule has 1 unspecified atom stereocenters. The van der Waals surface area contributed by atoms with Crippen LogP contribution in [0.2, 0.25) is 0 Å². The van der Waals surface area contributed by atoms with Gasteiger partial charge in [0, 0.05) is 17.1 Å². The van der Waals surface area contributed by atoms with E-state index in [1.165, 1.54) is 24.2 Å². The van der Waals surface area contributed by atoms with E-state index in [0.717, 1.165) is 32.6 Å². The molecule has 1 amide bonds. The predicted octanol–water partition coefficient (Wildman–Crippen LogP) is 3.15. The monoisotopic (exact) mass is 380 g/mol. The van der Waals surface area contributed by atoms with Crippen LogP contribution in [0.15, 0.2) is 14.3 Å². The van der Waals surface area contributed by atoms with Crippen molar-refractivity contribution in [3.63, 3.8) is 0 Å². The Balaban J connectivity index is 1.76. The third-order valence-electron chi connectivity index (χ3n) is 2.81. The summed E-state index contributed by atoms with van der Waals surface area (Å²) in [6.07, 6.45) is 3.49. The second-order valence-corrected chi connectivity index (χ2v) is 7.29. The van der Waals surface area contributed by atoms with Crippen LogP contribution in [0.1, 0.15) is 28.9 Å². The zero-order chi connectivity index (χ0) is 12.3. The van der Waals surface area contributed by atoms with Gasteiger partial charge in [0.2, 0.25) is 0 Å². The van der Waals surface area contributed by atoms with E-state index in [1.54, 1.807) is 0 Å². The molecule has 1 atom stereocenters. The van der Waals surface area contributed by atoms with Gasteiger partial charge in [-0.1, -0.05) is 0 Å². The van der Waals surface area contributed by atoms with Crippen molar-refractivity contribution in [2.45, 2.75) is 25.3 Å². The molecule has 2 N–H and O–H groups in total. The standard InChI is InChI=1S/C11H14Br2N2OS/c12-8-6-9(17-10(8)13)11(16)15-5-3-7-2-1-4-14-7/h6-7,14H,1-5H2,(H,15,16). The van der Waals surface area contributed by atoms with E-state index in [0.29, 0.717) is 6.04 Å². The molecule has 0 aromatic carbocycles. The molecule has 0 spiro atoms. The van der Waals surface area contributed by atoms with E-state index in [-0.39, 0.29) is 5.91 Å². The molecule has 1 saturated heterocycles. The lowest BCUT2D eigenvalue weighted by atomic mass is 10.1. The van der Waals surface area contributed by atoms with Gasteiger partial charge in [-0.25, -0.2) is 0 Å². The minimum atomic E-state index is 0.0133. The summed E-state index contributed by atoms with van der Waals surface area (Å²) in [5.74, 6) is 0.0133. The Kier molecular flexibility index (Phi) is 5.02. The van der Waals surface area contributed by atoms with Crippen LogP contribution in [-0.4, -0.2) is 25.0 Å². The van der Waals surface area contributed by atoms with Crippen LogP contribution in [0.25, 0.3) is 0 Å². The van der Waals surface area contributed by atoms with Crippen molar-refractivity contribution in [1.82, 2.24) is 10.6 Å². The average Bonchev–Trinajstić information content (AvgIpc) is 2.90. The quantitative estimate of drug-likeness (QED) is 0.841. The molecule has 2 rings (SSSR count). The topological polar surface area (TPSA) is 41.1 Å². The molecule has 0 saturated carbocycles. The van der Waals surface area contributed by atoms with E-state index >= 15 is 0 Å². The third-order valence-corrected chi connectivity index (χ3v) is 6.06. The van der Waals surface area contributed by atoms with Gasteiger partial charge in [-0.3, -0.25) is 4.79 Å². The Bertz CT molecular complexity index is 383. The highest BCUT2D eigenvalue weighted by Crippen LogP contribution is 2.32. The summed E-state index contributed by atoms with van der Waals surface area (Å²) < 4.78 is 1.89. The van der Waals surface area contributed by atoms with Crippen LogP contribution in [0.5, 0.6) is 0 Å². The molecule has 1 aromatic rings. The molecule has 17 heavy (non-hydrogen) atoms. The number of nitrogens with one attached hydrogen (secondary N) is 2. The van der Waals surface area contributed by atoms with E-state index in [2.05, 4.69) is 42.5 Å². The maximum Gasteiger partial charge on any atom is 0.261 e. The number of carbonyl (C=O) groups excluding carboxylic acids is 1. The molecule has 0 bridgehead atoms. The summed E-state index contributed by atoms with van der Waals surface area (Å²) in [5, 5.41) is 6.38. The first-order valence-corrected chi connectivity index (χ1v) is 8.03. The summed E-state index contributed by atoms with van der Waals surface area (Å²) in [6, 6.07) is 2.43. The minimum Gasteiger partial charge on any atom is -0.351 e. The summed E-state index contributed by atoms with van der Waals surface area (Å²) in [5.41, 5.74) is 0. The second kappa shape index (κ2) is 6.31. The summed E-state index contributed by atoms with van der Waals surface area (Å²) in [4.78, 5) is 12.6. The molecule has 1 fully saturated rings. The lowest BCUT2D eigenvalue weighted by molar-refractivity contribution is 0.0956. The molecule has 2 heterocycles. The van der Waals surface area contributed by atoms with Gasteiger partial charge in [-0.15, -0.1) is 11.3 Å². The van der Waals surface area contributed by atoms with Crippen LogP contribution in [0, 0.1) is 0 Å². The van der Waals surface area contributed by atoms with Crippen molar-refractivity contribution in [2.24, 2.45) is 0 Å². The van der Waals surface area contributed by atoms with Crippen LogP contribution in [-0.2, 0) is 0 Å². The first-order chi connectivity index (χ1) is 8.16. The van der Waals surface area contributed by atoms with Crippen molar-refractivity contribution in [1.29, 1.82) is 0 Å². The van der Waals surface area contributed by atoms with Crippen molar-refractivity contribution in [3.05, 3.63) is 19.2 Å². The Morgan fingerprint density at radius 3 is 3.00 bits per heavy atom. The maximum atomic E-state index is 11.8. The molecule has 94 valence electrons. The highest BCUT2D eigenvalue weighted by molar-refractivity contribution is 9.13. The first kappa shape index (κ1) is 13.5. The smallest absolute Gasteiger partial charge is 0.261 e. The Labute approximate surface area is 122 Å². The SMILES string of the molecule is O=C(NCCC1CCCN1)c1cc(Br)c(Br)s1. The number of thiophene rings is 1. The number of carbonyl (C=O) groups is 1. The Morgan fingerprint density at radius 1 is 1.59 bits per heavy atom. The molecule has 1 aromatic heterocycles. The maximum absolute atomic E-state index is 11.8. The minimum absolute atomic E-state index is 0.0133. The van der Waals surface area contributed by atoms with Gasteiger partial charge in [0.25, 0.3) is 5.91 Å². The lowest BCUT2D eigenvalue weighted by Crippen LogP contribution is -2.30. The lowest BCUT2D eigenvalue weighted by Gasteiger charge is -2.09. The van der Waals surface area contributed by atoms with Crippen LogP contribution < -0.4 is 10.6 Å². The van der Waals surface area contributed by atoms with E-state index in [1.807, 2.05) is 6.07 Å². The van der Waals surface area contributed by atoms with Crippen LogP contribution in [0.4, 0.5) is 0 Å². The highest BCUT2D eigenvalue weighted by Gasteiger charge is 2.15. The Morgan fingerprint density at radius 2 is 2.41 bits per heavy atom. The van der Waals surface area contributed by atoms with Gasteiger partial charge in [0.05, 0.1) is 8.66 Å². The van der Waals surface area contributed by atoms with E-state index in [9.17, 15) is 4.79 Å². The first-order valence-electron chi connectivity index (χ1n) is 5.63. The van der Waals surface area contributed by atoms with Crippen LogP contribution >= 0.6 is 43.2 Å². The van der Waals surface area contributed by atoms with Gasteiger partial charge in [-0.05, 0) is 63.7 Å².